The maximum absolute atomic E-state index is 11.6. The molecule has 5 nitrogen and oxygen atoms in total. The molecule has 0 saturated heterocycles. The Morgan fingerprint density at radius 1 is 1.14 bits per heavy atom. The van der Waals surface area contributed by atoms with E-state index in [1.165, 1.54) is 5.56 Å². The van der Waals surface area contributed by atoms with Crippen molar-refractivity contribution in [3.63, 3.8) is 0 Å². The minimum absolute atomic E-state index is 0.133. The first-order valence-electron chi connectivity index (χ1n) is 7.32. The fourth-order valence-electron chi connectivity index (χ4n) is 1.88. The molecular weight excluding hydrogens is 268 g/mol. The van der Waals surface area contributed by atoms with Gasteiger partial charge in [-0.25, -0.2) is 4.79 Å². The molecule has 1 aromatic carbocycles. The number of aliphatic carboxylic acids is 1. The van der Waals surface area contributed by atoms with Crippen LogP contribution < -0.4 is 10.6 Å². The largest absolute Gasteiger partial charge is 0.481 e. The normalized spacial score (nSPS) is 11.7. The number of urea groups is 1. The van der Waals surface area contributed by atoms with Gasteiger partial charge in [-0.05, 0) is 29.9 Å². The van der Waals surface area contributed by atoms with Crippen LogP contribution in [0.4, 0.5) is 4.79 Å². The second-order valence-electron chi connectivity index (χ2n) is 5.27. The molecular formula is C16H24N2O3. The quantitative estimate of drug-likeness (QED) is 0.689. The van der Waals surface area contributed by atoms with Gasteiger partial charge in [0.05, 0.1) is 0 Å². The predicted molar refractivity (Wildman–Crippen MR) is 82.1 cm³/mol. The van der Waals surface area contributed by atoms with E-state index in [2.05, 4.69) is 29.7 Å². The maximum atomic E-state index is 11.6. The molecule has 5 heteroatoms. The van der Waals surface area contributed by atoms with E-state index in [0.717, 1.165) is 12.0 Å². The third-order valence-electron chi connectivity index (χ3n) is 3.35. The van der Waals surface area contributed by atoms with Crippen LogP contribution in [0, 0.1) is 5.92 Å². The molecule has 2 amide bonds. The monoisotopic (exact) mass is 292 g/mol. The number of nitrogens with one attached hydrogen (secondary N) is 2. The lowest BCUT2D eigenvalue weighted by atomic mass is 10.1. The van der Waals surface area contributed by atoms with Crippen LogP contribution in [-0.4, -0.2) is 23.7 Å². The van der Waals surface area contributed by atoms with Crippen LogP contribution >= 0.6 is 0 Å². The molecule has 116 valence electrons. The summed E-state index contributed by atoms with van der Waals surface area (Å²) in [5.41, 5.74) is 2.33. The van der Waals surface area contributed by atoms with E-state index < -0.39 is 5.97 Å². The first-order chi connectivity index (χ1) is 10.0. The zero-order valence-corrected chi connectivity index (χ0v) is 12.7. The Labute approximate surface area is 125 Å². The molecule has 3 N–H and O–H groups in total. The van der Waals surface area contributed by atoms with Gasteiger partial charge in [0.15, 0.2) is 0 Å². The third kappa shape index (κ3) is 7.34. The molecule has 0 bridgehead atoms. The Hall–Kier alpha value is -2.04. The van der Waals surface area contributed by atoms with Crippen molar-refractivity contribution in [3.05, 3.63) is 35.4 Å². The van der Waals surface area contributed by atoms with Crippen molar-refractivity contribution in [2.75, 3.05) is 6.54 Å². The average Bonchev–Trinajstić information content (AvgIpc) is 2.49. The smallest absolute Gasteiger partial charge is 0.315 e. The number of benzene rings is 1. The standard InChI is InChI=1S/C16H24N2O3/c1-3-13-5-7-14(8-6-13)11-18-16(21)17-10-12(2)4-9-15(19)20/h5-8,12H,3-4,9-11H2,1-2H3,(H,19,20)(H2,17,18,21). The van der Waals surface area contributed by atoms with E-state index in [1.807, 2.05) is 19.1 Å². The number of amides is 2. The summed E-state index contributed by atoms with van der Waals surface area (Å²) in [7, 11) is 0. The Balaban J connectivity index is 2.22. The minimum atomic E-state index is -0.804. The third-order valence-corrected chi connectivity index (χ3v) is 3.35. The Morgan fingerprint density at radius 2 is 1.76 bits per heavy atom. The number of rotatable bonds is 8. The summed E-state index contributed by atoms with van der Waals surface area (Å²) >= 11 is 0. The van der Waals surface area contributed by atoms with Crippen LogP contribution in [-0.2, 0) is 17.8 Å². The van der Waals surface area contributed by atoms with Crippen LogP contribution in [0.1, 0.15) is 37.8 Å². The summed E-state index contributed by atoms with van der Waals surface area (Å²) in [4.78, 5) is 22.1. The van der Waals surface area contributed by atoms with Gasteiger partial charge in [-0.3, -0.25) is 4.79 Å². The summed E-state index contributed by atoms with van der Waals surface area (Å²) in [6, 6.07) is 7.91. The van der Waals surface area contributed by atoms with E-state index in [0.29, 0.717) is 19.5 Å². The highest BCUT2D eigenvalue weighted by molar-refractivity contribution is 5.73. The van der Waals surface area contributed by atoms with Crippen LogP contribution in [0.25, 0.3) is 0 Å². The average molecular weight is 292 g/mol. The van der Waals surface area contributed by atoms with Crippen molar-refractivity contribution in [2.24, 2.45) is 5.92 Å². The van der Waals surface area contributed by atoms with Gasteiger partial charge in [0.1, 0.15) is 0 Å². The molecule has 1 atom stereocenters. The first kappa shape index (κ1) is 17.0. The topological polar surface area (TPSA) is 78.4 Å². The number of hydrogen-bond acceptors (Lipinski definition) is 2. The predicted octanol–water partition coefficient (Wildman–Crippen LogP) is 2.55. The maximum Gasteiger partial charge on any atom is 0.315 e. The van der Waals surface area contributed by atoms with E-state index >= 15 is 0 Å². The number of carbonyl (C=O) groups excluding carboxylic acids is 1. The Bertz CT molecular complexity index is 457. The minimum Gasteiger partial charge on any atom is -0.481 e. The zero-order valence-electron chi connectivity index (χ0n) is 12.7. The Kier molecular flexibility index (Phi) is 7.29. The van der Waals surface area contributed by atoms with Crippen molar-refractivity contribution in [1.29, 1.82) is 0 Å². The second-order valence-corrected chi connectivity index (χ2v) is 5.27. The fraction of sp³-hybridized carbons (Fsp3) is 0.500. The second kappa shape index (κ2) is 9.00. The van der Waals surface area contributed by atoms with E-state index in [-0.39, 0.29) is 18.4 Å². The van der Waals surface area contributed by atoms with Gasteiger partial charge in [-0.2, -0.15) is 0 Å². The van der Waals surface area contributed by atoms with Gasteiger partial charge in [0, 0.05) is 19.5 Å². The number of carbonyl (C=O) groups is 2. The SMILES string of the molecule is CCc1ccc(CNC(=O)NCC(C)CCC(=O)O)cc1. The zero-order chi connectivity index (χ0) is 15.7. The van der Waals surface area contributed by atoms with Gasteiger partial charge >= 0.3 is 12.0 Å². The molecule has 1 rings (SSSR count). The summed E-state index contributed by atoms with van der Waals surface area (Å²) in [5, 5.41) is 14.1. The number of hydrogen-bond donors (Lipinski definition) is 3. The van der Waals surface area contributed by atoms with Gasteiger partial charge in [-0.15, -0.1) is 0 Å². The highest BCUT2D eigenvalue weighted by Crippen LogP contribution is 2.05. The summed E-state index contributed by atoms with van der Waals surface area (Å²) in [5.74, 6) is -0.655. The highest BCUT2D eigenvalue weighted by atomic mass is 16.4. The molecule has 0 heterocycles. The molecule has 0 fully saturated rings. The van der Waals surface area contributed by atoms with Gasteiger partial charge in [0.2, 0.25) is 0 Å². The highest BCUT2D eigenvalue weighted by Gasteiger charge is 2.07. The van der Waals surface area contributed by atoms with Crippen molar-refractivity contribution < 1.29 is 14.7 Å². The number of aryl methyl sites for hydroxylation is 1. The summed E-state index contributed by atoms with van der Waals surface area (Å²) < 4.78 is 0. The molecule has 1 aromatic rings. The molecule has 0 aliphatic rings. The van der Waals surface area contributed by atoms with Gasteiger partial charge in [0.25, 0.3) is 0 Å². The van der Waals surface area contributed by atoms with E-state index in [4.69, 9.17) is 5.11 Å². The molecule has 0 saturated carbocycles. The fourth-order valence-corrected chi connectivity index (χ4v) is 1.88. The molecule has 0 aliphatic carbocycles. The van der Waals surface area contributed by atoms with Crippen LogP contribution in [0.3, 0.4) is 0 Å². The lowest BCUT2D eigenvalue weighted by Gasteiger charge is -2.12. The number of carboxylic acid groups (broad SMARTS) is 1. The molecule has 1 unspecified atom stereocenters. The van der Waals surface area contributed by atoms with Crippen molar-refractivity contribution >= 4 is 12.0 Å². The lowest BCUT2D eigenvalue weighted by molar-refractivity contribution is -0.137. The van der Waals surface area contributed by atoms with E-state index in [1.54, 1.807) is 0 Å². The van der Waals surface area contributed by atoms with Gasteiger partial charge < -0.3 is 15.7 Å². The van der Waals surface area contributed by atoms with Crippen molar-refractivity contribution in [2.45, 2.75) is 39.7 Å². The Morgan fingerprint density at radius 3 is 2.33 bits per heavy atom. The lowest BCUT2D eigenvalue weighted by Crippen LogP contribution is -2.37. The van der Waals surface area contributed by atoms with Crippen LogP contribution in [0.15, 0.2) is 24.3 Å². The van der Waals surface area contributed by atoms with E-state index in [9.17, 15) is 9.59 Å². The number of carboxylic acids is 1. The first-order valence-corrected chi connectivity index (χ1v) is 7.32. The molecule has 0 aromatic heterocycles. The van der Waals surface area contributed by atoms with Crippen LogP contribution in [0.2, 0.25) is 0 Å². The summed E-state index contributed by atoms with van der Waals surface area (Å²) in [6.07, 6.45) is 1.70. The molecule has 0 spiro atoms. The summed E-state index contributed by atoms with van der Waals surface area (Å²) in [6.45, 7) is 4.99. The van der Waals surface area contributed by atoms with Crippen LogP contribution in [0.5, 0.6) is 0 Å². The van der Waals surface area contributed by atoms with Gasteiger partial charge in [-0.1, -0.05) is 38.1 Å². The molecule has 0 radical (unpaired) electrons. The molecule has 0 aliphatic heterocycles. The van der Waals surface area contributed by atoms with Crippen molar-refractivity contribution in [1.82, 2.24) is 10.6 Å². The van der Waals surface area contributed by atoms with Crippen molar-refractivity contribution in [3.8, 4) is 0 Å². The molecule has 21 heavy (non-hydrogen) atoms.